The van der Waals surface area contributed by atoms with E-state index in [2.05, 4.69) is 35.6 Å². The van der Waals surface area contributed by atoms with Crippen molar-refractivity contribution in [3.05, 3.63) is 76.8 Å². The maximum absolute atomic E-state index is 13.0. The molecule has 2 aliphatic heterocycles. The van der Waals surface area contributed by atoms with Crippen LogP contribution in [-0.2, 0) is 29.8 Å². The summed E-state index contributed by atoms with van der Waals surface area (Å²) in [7, 11) is 1.64. The van der Waals surface area contributed by atoms with Crippen molar-refractivity contribution in [3.63, 3.8) is 0 Å². The molecule has 15 heteroatoms. The van der Waals surface area contributed by atoms with Crippen LogP contribution in [0, 0.1) is 0 Å². The average molecular weight is 670 g/mol. The van der Waals surface area contributed by atoms with E-state index < -0.39 is 17.9 Å². The summed E-state index contributed by atoms with van der Waals surface area (Å²) in [6.07, 6.45) is 0.0921. The molecule has 1 saturated heterocycles. The molecule has 2 aliphatic rings. The molecule has 2 atom stereocenters. The molecule has 5 aromatic rings. The minimum atomic E-state index is -4.75. The van der Waals surface area contributed by atoms with E-state index in [1.807, 2.05) is 30.5 Å². The number of imidazole rings is 1. The average Bonchev–Trinajstić information content (AvgIpc) is 3.77. The topological polar surface area (TPSA) is 113 Å². The van der Waals surface area contributed by atoms with Crippen LogP contribution in [0.25, 0.3) is 22.6 Å². The highest BCUT2D eigenvalue weighted by Gasteiger charge is 2.42. The number of piperidine rings is 1. The summed E-state index contributed by atoms with van der Waals surface area (Å²) in [5.74, 6) is -0.239. The molecule has 1 aromatic carbocycles. The molecule has 0 aliphatic carbocycles. The number of halogens is 4. The van der Waals surface area contributed by atoms with Gasteiger partial charge in [-0.2, -0.15) is 18.2 Å². The number of likely N-dealkylation sites (tertiary alicyclic amines) is 1. The standard InChI is InChI=1S/C32H31ClF3N7O4/c1-18(44-3)16-43-24-15-37-23(29-40-30(47-41-29)32(34,35)36)13-22(24)39-27(43)17-42-11-9-19(10-12-42)21-5-4-6-25-28(21)46-31(2,45-25)26-8-7-20(33)14-38-26/h4-8,13-15,18-19H,9-12,16-17H2,1-3H3/t18?,31-/m0/s1. The highest BCUT2D eigenvalue weighted by molar-refractivity contribution is 6.30. The Morgan fingerprint density at radius 1 is 1.09 bits per heavy atom. The molecule has 11 nitrogen and oxygen atoms in total. The lowest BCUT2D eigenvalue weighted by atomic mass is 9.88. The SMILES string of the molecule is COC(C)Cn1c(CN2CCC(c3cccc4c3O[C@@](C)(c3ccc(Cl)cn3)O4)CC2)nc2cc(-c3noc(C(F)(F)F)n3)ncc21. The lowest BCUT2D eigenvalue weighted by Crippen LogP contribution is -2.34. The number of methoxy groups -OCH3 is 1. The second-order valence-corrected chi connectivity index (χ2v) is 12.3. The number of hydrogen-bond donors (Lipinski definition) is 0. The van der Waals surface area contributed by atoms with Crippen LogP contribution in [0.3, 0.4) is 0 Å². The Morgan fingerprint density at radius 2 is 1.89 bits per heavy atom. The monoisotopic (exact) mass is 669 g/mol. The van der Waals surface area contributed by atoms with Crippen LogP contribution < -0.4 is 9.47 Å². The van der Waals surface area contributed by atoms with Gasteiger partial charge in [-0.3, -0.25) is 14.9 Å². The zero-order valence-electron chi connectivity index (χ0n) is 25.8. The number of hydrogen-bond acceptors (Lipinski definition) is 10. The molecule has 246 valence electrons. The third-order valence-electron chi connectivity index (χ3n) is 8.65. The van der Waals surface area contributed by atoms with Crippen LogP contribution in [0.15, 0.2) is 53.3 Å². The lowest BCUT2D eigenvalue weighted by Gasteiger charge is -2.32. The molecule has 0 spiro atoms. The summed E-state index contributed by atoms with van der Waals surface area (Å²) in [5, 5.41) is 4.01. The predicted molar refractivity (Wildman–Crippen MR) is 164 cm³/mol. The first kappa shape index (κ1) is 31.3. The van der Waals surface area contributed by atoms with E-state index in [9.17, 15) is 13.2 Å². The fourth-order valence-electron chi connectivity index (χ4n) is 6.11. The number of para-hydroxylation sites is 1. The summed E-state index contributed by atoms with van der Waals surface area (Å²) in [4.78, 5) is 19.4. The first-order valence-corrected chi connectivity index (χ1v) is 15.5. The van der Waals surface area contributed by atoms with E-state index in [0.29, 0.717) is 35.1 Å². The molecule has 0 bridgehead atoms. The summed E-state index contributed by atoms with van der Waals surface area (Å²) in [6, 6.07) is 11.2. The predicted octanol–water partition coefficient (Wildman–Crippen LogP) is 6.61. The Bertz CT molecular complexity index is 1910. The summed E-state index contributed by atoms with van der Waals surface area (Å²) < 4.78 is 63.7. The van der Waals surface area contributed by atoms with Crippen molar-refractivity contribution in [1.29, 1.82) is 0 Å². The van der Waals surface area contributed by atoms with Crippen LogP contribution in [0.1, 0.15) is 55.6 Å². The van der Waals surface area contributed by atoms with Gasteiger partial charge in [0.2, 0.25) is 5.82 Å². The van der Waals surface area contributed by atoms with Gasteiger partial charge in [-0.25, -0.2) is 4.98 Å². The lowest BCUT2D eigenvalue weighted by molar-refractivity contribution is -0.159. The van der Waals surface area contributed by atoms with E-state index in [0.717, 1.165) is 48.6 Å². The van der Waals surface area contributed by atoms with Crippen LogP contribution in [-0.4, -0.2) is 60.9 Å². The molecule has 0 amide bonds. The zero-order valence-corrected chi connectivity index (χ0v) is 26.5. The number of alkyl halides is 3. The number of benzene rings is 1. The quantitative estimate of drug-likeness (QED) is 0.179. The van der Waals surface area contributed by atoms with Crippen molar-refractivity contribution in [2.45, 2.75) is 63.8 Å². The molecule has 1 unspecified atom stereocenters. The minimum Gasteiger partial charge on any atom is -0.443 e. The number of nitrogens with zero attached hydrogens (tertiary/aromatic N) is 7. The van der Waals surface area contributed by atoms with Crippen molar-refractivity contribution in [1.82, 2.24) is 34.6 Å². The second-order valence-electron chi connectivity index (χ2n) is 11.9. The molecule has 6 heterocycles. The molecule has 47 heavy (non-hydrogen) atoms. The Morgan fingerprint density at radius 3 is 2.60 bits per heavy atom. The van der Waals surface area contributed by atoms with Crippen LogP contribution in [0.4, 0.5) is 13.2 Å². The van der Waals surface area contributed by atoms with Gasteiger partial charge in [0.25, 0.3) is 5.79 Å². The van der Waals surface area contributed by atoms with Gasteiger partial charge < -0.3 is 23.3 Å². The number of fused-ring (bicyclic) bond motifs is 2. The Labute approximate surface area is 272 Å². The molecular formula is C32H31ClF3N7O4. The first-order valence-electron chi connectivity index (χ1n) is 15.2. The Kier molecular flexibility index (Phi) is 8.05. The summed E-state index contributed by atoms with van der Waals surface area (Å²) in [6.45, 7) is 6.54. The van der Waals surface area contributed by atoms with E-state index in [1.54, 1.807) is 37.7 Å². The van der Waals surface area contributed by atoms with Gasteiger partial charge in [0.15, 0.2) is 11.5 Å². The Hall–Kier alpha value is -4.27. The van der Waals surface area contributed by atoms with Crippen molar-refractivity contribution >= 4 is 22.6 Å². The zero-order chi connectivity index (χ0) is 32.9. The molecule has 0 saturated carbocycles. The third-order valence-corrected chi connectivity index (χ3v) is 8.87. The third kappa shape index (κ3) is 6.12. The van der Waals surface area contributed by atoms with Crippen LogP contribution in [0.5, 0.6) is 11.5 Å². The van der Waals surface area contributed by atoms with E-state index in [4.69, 9.17) is 30.8 Å². The molecule has 7 rings (SSSR count). The fourth-order valence-corrected chi connectivity index (χ4v) is 6.23. The van der Waals surface area contributed by atoms with Gasteiger partial charge in [-0.05, 0) is 63.0 Å². The number of pyridine rings is 2. The second kappa shape index (κ2) is 12.1. The summed E-state index contributed by atoms with van der Waals surface area (Å²) in [5.41, 5.74) is 3.18. The van der Waals surface area contributed by atoms with E-state index in [-0.39, 0.29) is 23.5 Å². The van der Waals surface area contributed by atoms with Crippen molar-refractivity contribution in [2.75, 3.05) is 20.2 Å². The van der Waals surface area contributed by atoms with Gasteiger partial charge >= 0.3 is 12.1 Å². The van der Waals surface area contributed by atoms with Crippen molar-refractivity contribution < 1.29 is 31.9 Å². The fraction of sp³-hybridized carbons (Fsp3) is 0.406. The molecular weight excluding hydrogens is 639 g/mol. The van der Waals surface area contributed by atoms with E-state index in [1.165, 1.54) is 0 Å². The molecule has 0 N–H and O–H groups in total. The minimum absolute atomic E-state index is 0.112. The van der Waals surface area contributed by atoms with Gasteiger partial charge in [-0.15, -0.1) is 0 Å². The highest BCUT2D eigenvalue weighted by Crippen LogP contribution is 2.49. The largest absolute Gasteiger partial charge is 0.471 e. The van der Waals surface area contributed by atoms with Gasteiger partial charge in [0.1, 0.15) is 17.2 Å². The Balaban J connectivity index is 1.08. The van der Waals surface area contributed by atoms with Crippen LogP contribution in [0.2, 0.25) is 5.02 Å². The van der Waals surface area contributed by atoms with Gasteiger partial charge in [0.05, 0.1) is 41.4 Å². The molecule has 4 aromatic heterocycles. The molecule has 1 fully saturated rings. The van der Waals surface area contributed by atoms with E-state index >= 15 is 0 Å². The van der Waals surface area contributed by atoms with Crippen molar-refractivity contribution in [2.24, 2.45) is 0 Å². The maximum atomic E-state index is 13.0. The van der Waals surface area contributed by atoms with Gasteiger partial charge in [-0.1, -0.05) is 28.9 Å². The number of rotatable bonds is 8. The molecule has 0 radical (unpaired) electrons. The maximum Gasteiger partial charge on any atom is 0.471 e. The van der Waals surface area contributed by atoms with Crippen molar-refractivity contribution in [3.8, 4) is 23.0 Å². The number of aromatic nitrogens is 6. The van der Waals surface area contributed by atoms with Crippen LogP contribution >= 0.6 is 11.6 Å². The normalized spacial score (nSPS) is 19.5. The number of ether oxygens (including phenoxy) is 3. The summed E-state index contributed by atoms with van der Waals surface area (Å²) >= 11 is 6.04. The van der Waals surface area contributed by atoms with Gasteiger partial charge in [0, 0.05) is 25.8 Å². The highest BCUT2D eigenvalue weighted by atomic mass is 35.5. The first-order chi connectivity index (χ1) is 22.5. The smallest absolute Gasteiger partial charge is 0.443 e.